The molecule has 0 unspecified atom stereocenters. The van der Waals surface area contributed by atoms with E-state index in [1.807, 2.05) is 60.7 Å². The summed E-state index contributed by atoms with van der Waals surface area (Å²) in [7, 11) is -0.710. The molecule has 1 aliphatic heterocycles. The van der Waals surface area contributed by atoms with E-state index in [1.165, 1.54) is 30.7 Å². The number of hydrogen-bond acceptors (Lipinski definition) is 5. The summed E-state index contributed by atoms with van der Waals surface area (Å²) in [6.07, 6.45) is 1.07. The number of methoxy groups -OCH3 is 2. The lowest BCUT2D eigenvalue weighted by Crippen LogP contribution is -2.46. The van der Waals surface area contributed by atoms with Crippen LogP contribution in [0.5, 0.6) is 11.5 Å². The van der Waals surface area contributed by atoms with Crippen molar-refractivity contribution < 1.29 is 23.0 Å². The van der Waals surface area contributed by atoms with Gasteiger partial charge in [-0.15, -0.1) is 0 Å². The van der Waals surface area contributed by atoms with Crippen LogP contribution in [0.1, 0.15) is 24.0 Å². The van der Waals surface area contributed by atoms with Crippen molar-refractivity contribution in [2.75, 3.05) is 27.3 Å². The number of rotatable bonds is 7. The average Bonchev–Trinajstić information content (AvgIpc) is 2.88. The fourth-order valence-corrected chi connectivity index (χ4v) is 6.15. The van der Waals surface area contributed by atoms with Crippen LogP contribution in [0.3, 0.4) is 0 Å². The minimum absolute atomic E-state index is 0.126. The second kappa shape index (κ2) is 9.55. The van der Waals surface area contributed by atoms with E-state index in [-0.39, 0.29) is 10.8 Å². The van der Waals surface area contributed by atoms with E-state index >= 15 is 0 Å². The molecule has 1 saturated heterocycles. The Kier molecular flexibility index (Phi) is 6.74. The number of piperidine rings is 1. The number of aliphatic hydroxyl groups is 1. The van der Waals surface area contributed by atoms with Crippen LogP contribution in [0.4, 0.5) is 0 Å². The molecule has 1 heterocycles. The van der Waals surface area contributed by atoms with Crippen molar-refractivity contribution in [1.29, 1.82) is 0 Å². The zero-order valence-electron chi connectivity index (χ0n) is 18.8. The normalized spacial score (nSPS) is 15.8. The van der Waals surface area contributed by atoms with Crippen molar-refractivity contribution in [3.8, 4) is 11.5 Å². The van der Waals surface area contributed by atoms with Gasteiger partial charge in [-0.25, -0.2) is 8.42 Å². The second-order valence-corrected chi connectivity index (χ2v) is 10.1. The molecule has 1 aliphatic rings. The first kappa shape index (κ1) is 23.3. The van der Waals surface area contributed by atoms with E-state index in [2.05, 4.69) is 0 Å². The lowest BCUT2D eigenvalue weighted by molar-refractivity contribution is -0.00531. The first-order valence-electron chi connectivity index (χ1n) is 11.0. The van der Waals surface area contributed by atoms with Gasteiger partial charge in [-0.05, 0) is 42.0 Å². The van der Waals surface area contributed by atoms with Crippen LogP contribution in [-0.4, -0.2) is 45.1 Å². The molecule has 1 N–H and O–H groups in total. The highest BCUT2D eigenvalue weighted by molar-refractivity contribution is 7.89. The fraction of sp³-hybridized carbons (Fsp3) is 0.308. The van der Waals surface area contributed by atoms with Crippen LogP contribution in [0.25, 0.3) is 0 Å². The van der Waals surface area contributed by atoms with Crippen molar-refractivity contribution in [2.24, 2.45) is 5.92 Å². The number of sulfonamides is 1. The molecule has 1 fully saturated rings. The lowest BCUT2D eigenvalue weighted by atomic mass is 9.72. The van der Waals surface area contributed by atoms with Crippen LogP contribution >= 0.6 is 0 Å². The molecule has 0 saturated carbocycles. The second-order valence-electron chi connectivity index (χ2n) is 8.19. The van der Waals surface area contributed by atoms with Gasteiger partial charge in [0.25, 0.3) is 0 Å². The molecule has 0 amide bonds. The van der Waals surface area contributed by atoms with Gasteiger partial charge in [0.15, 0.2) is 11.5 Å². The van der Waals surface area contributed by atoms with Gasteiger partial charge in [0, 0.05) is 19.2 Å². The van der Waals surface area contributed by atoms with E-state index in [4.69, 9.17) is 9.47 Å². The van der Waals surface area contributed by atoms with Crippen LogP contribution in [0, 0.1) is 5.92 Å². The van der Waals surface area contributed by atoms with Crippen LogP contribution in [0.15, 0.2) is 83.8 Å². The Hall–Kier alpha value is -2.87. The van der Waals surface area contributed by atoms with Gasteiger partial charge >= 0.3 is 0 Å². The van der Waals surface area contributed by atoms with Gasteiger partial charge in [-0.1, -0.05) is 60.7 Å². The molecule has 0 spiro atoms. The van der Waals surface area contributed by atoms with Crippen molar-refractivity contribution in [3.63, 3.8) is 0 Å². The molecule has 0 aromatic heterocycles. The smallest absolute Gasteiger partial charge is 0.243 e. The highest BCUT2D eigenvalue weighted by Gasteiger charge is 2.43. The van der Waals surface area contributed by atoms with E-state index < -0.39 is 15.6 Å². The molecule has 7 heteroatoms. The van der Waals surface area contributed by atoms with Crippen LogP contribution in [0.2, 0.25) is 0 Å². The largest absolute Gasteiger partial charge is 0.493 e. The summed E-state index contributed by atoms with van der Waals surface area (Å²) in [5.41, 5.74) is 0.441. The van der Waals surface area contributed by atoms with Gasteiger partial charge in [-0.2, -0.15) is 4.31 Å². The Labute approximate surface area is 195 Å². The van der Waals surface area contributed by atoms with Crippen molar-refractivity contribution >= 4 is 10.0 Å². The van der Waals surface area contributed by atoms with Gasteiger partial charge in [0.1, 0.15) is 5.60 Å². The average molecular weight is 468 g/mol. The SMILES string of the molecule is COc1ccc(S(=O)(=O)N2CCC(C(O)(c3ccccc3)c3ccccc3)CC2)cc1OC. The Morgan fingerprint density at radius 1 is 0.818 bits per heavy atom. The number of benzene rings is 3. The summed E-state index contributed by atoms with van der Waals surface area (Å²) in [4.78, 5) is 0.167. The molecule has 3 aromatic rings. The highest BCUT2D eigenvalue weighted by atomic mass is 32.2. The predicted octanol–water partition coefficient (Wildman–Crippen LogP) is 4.04. The minimum atomic E-state index is -3.70. The summed E-state index contributed by atoms with van der Waals surface area (Å²) < 4.78 is 38.6. The zero-order valence-corrected chi connectivity index (χ0v) is 19.7. The molecule has 6 nitrogen and oxygen atoms in total. The molecule has 4 rings (SSSR count). The maximum atomic E-state index is 13.3. The Bertz CT molecular complexity index is 1130. The number of hydrogen-bond donors (Lipinski definition) is 1. The lowest BCUT2D eigenvalue weighted by Gasteiger charge is -2.42. The molecular formula is C26H29NO5S. The molecular weight excluding hydrogens is 438 g/mol. The Morgan fingerprint density at radius 3 is 1.82 bits per heavy atom. The number of ether oxygens (including phenoxy) is 2. The first-order valence-corrected chi connectivity index (χ1v) is 12.4. The van der Waals surface area contributed by atoms with Crippen molar-refractivity contribution in [3.05, 3.63) is 90.0 Å². The standard InChI is InChI=1S/C26H29NO5S/c1-31-24-14-13-23(19-25(24)32-2)33(29,30)27-17-15-22(16-18-27)26(28,20-9-5-3-6-10-20)21-11-7-4-8-12-21/h3-14,19,22,28H,15-18H2,1-2H3. The minimum Gasteiger partial charge on any atom is -0.493 e. The van der Waals surface area contributed by atoms with Crippen molar-refractivity contribution in [2.45, 2.75) is 23.3 Å². The summed E-state index contributed by atoms with van der Waals surface area (Å²) >= 11 is 0. The van der Waals surface area contributed by atoms with E-state index in [0.29, 0.717) is 37.4 Å². The van der Waals surface area contributed by atoms with E-state index in [9.17, 15) is 13.5 Å². The highest BCUT2D eigenvalue weighted by Crippen LogP contribution is 2.42. The Balaban J connectivity index is 1.59. The molecule has 174 valence electrons. The first-order chi connectivity index (χ1) is 15.9. The van der Waals surface area contributed by atoms with E-state index in [1.54, 1.807) is 6.07 Å². The molecule has 3 aromatic carbocycles. The maximum absolute atomic E-state index is 13.3. The van der Waals surface area contributed by atoms with Gasteiger partial charge < -0.3 is 14.6 Å². The Morgan fingerprint density at radius 2 is 1.33 bits per heavy atom. The number of nitrogens with zero attached hydrogens (tertiary/aromatic N) is 1. The summed E-state index contributed by atoms with van der Waals surface area (Å²) in [5.74, 6) is 0.723. The van der Waals surface area contributed by atoms with Gasteiger partial charge in [0.2, 0.25) is 10.0 Å². The monoisotopic (exact) mass is 467 g/mol. The van der Waals surface area contributed by atoms with Crippen LogP contribution in [-0.2, 0) is 15.6 Å². The summed E-state index contributed by atoms with van der Waals surface area (Å²) in [6, 6.07) is 23.9. The molecule has 0 atom stereocenters. The summed E-state index contributed by atoms with van der Waals surface area (Å²) in [5, 5.41) is 12.0. The van der Waals surface area contributed by atoms with Crippen LogP contribution < -0.4 is 9.47 Å². The molecule has 0 aliphatic carbocycles. The zero-order chi connectivity index (χ0) is 23.5. The summed E-state index contributed by atoms with van der Waals surface area (Å²) in [6.45, 7) is 0.645. The third-order valence-corrected chi connectivity index (χ3v) is 8.36. The van der Waals surface area contributed by atoms with Crippen molar-refractivity contribution in [1.82, 2.24) is 4.31 Å². The van der Waals surface area contributed by atoms with Gasteiger partial charge in [0.05, 0.1) is 19.1 Å². The third-order valence-electron chi connectivity index (χ3n) is 6.47. The molecule has 0 bridgehead atoms. The molecule has 0 radical (unpaired) electrons. The fourth-order valence-electron chi connectivity index (χ4n) is 4.66. The topological polar surface area (TPSA) is 76.1 Å². The van der Waals surface area contributed by atoms with E-state index in [0.717, 1.165) is 11.1 Å². The predicted molar refractivity (Wildman–Crippen MR) is 127 cm³/mol. The third kappa shape index (κ3) is 4.36. The van der Waals surface area contributed by atoms with Gasteiger partial charge in [-0.3, -0.25) is 0 Å². The quantitative estimate of drug-likeness (QED) is 0.568. The maximum Gasteiger partial charge on any atom is 0.243 e. The molecule has 33 heavy (non-hydrogen) atoms.